The summed E-state index contributed by atoms with van der Waals surface area (Å²) in [6, 6.07) is 20.9. The molecular formula is C21H17NO2S. The van der Waals surface area contributed by atoms with Crippen LogP contribution in [0.4, 0.5) is 0 Å². The Hall–Kier alpha value is -2.30. The maximum Gasteiger partial charge on any atom is 0.175 e. The second-order valence-corrected chi connectivity index (χ2v) is 7.89. The molecule has 1 aliphatic heterocycles. The summed E-state index contributed by atoms with van der Waals surface area (Å²) in [5.74, 6) is 1.84. The SMILES string of the molecule is CC1(c2ccc3noc(-c4cccc5ccccc45)c3c2)OCCS1. The van der Waals surface area contributed by atoms with Crippen molar-refractivity contribution in [3.8, 4) is 11.3 Å². The van der Waals surface area contributed by atoms with Gasteiger partial charge in [0.2, 0.25) is 0 Å². The van der Waals surface area contributed by atoms with E-state index >= 15 is 0 Å². The van der Waals surface area contributed by atoms with Crippen molar-refractivity contribution in [2.24, 2.45) is 0 Å². The highest BCUT2D eigenvalue weighted by Crippen LogP contribution is 2.43. The van der Waals surface area contributed by atoms with Crippen LogP contribution in [-0.2, 0) is 9.67 Å². The van der Waals surface area contributed by atoms with Gasteiger partial charge in [-0.1, -0.05) is 53.7 Å². The van der Waals surface area contributed by atoms with Crippen molar-refractivity contribution in [1.29, 1.82) is 0 Å². The summed E-state index contributed by atoms with van der Waals surface area (Å²) >= 11 is 1.84. The van der Waals surface area contributed by atoms with E-state index in [1.54, 1.807) is 0 Å². The van der Waals surface area contributed by atoms with Gasteiger partial charge in [-0.15, -0.1) is 11.8 Å². The van der Waals surface area contributed by atoms with Crippen LogP contribution < -0.4 is 0 Å². The Morgan fingerprint density at radius 2 is 1.88 bits per heavy atom. The Bertz CT molecular complexity index is 1070. The van der Waals surface area contributed by atoms with E-state index in [-0.39, 0.29) is 4.93 Å². The third-order valence-electron chi connectivity index (χ3n) is 4.87. The van der Waals surface area contributed by atoms with E-state index in [4.69, 9.17) is 9.26 Å². The average molecular weight is 347 g/mol. The molecule has 0 radical (unpaired) electrons. The number of nitrogens with zero attached hydrogens (tertiary/aromatic N) is 1. The molecule has 0 amide bonds. The summed E-state index contributed by atoms with van der Waals surface area (Å²) in [7, 11) is 0. The van der Waals surface area contributed by atoms with Crippen LogP contribution >= 0.6 is 11.8 Å². The van der Waals surface area contributed by atoms with E-state index in [1.165, 1.54) is 10.8 Å². The molecule has 4 heteroatoms. The van der Waals surface area contributed by atoms with Gasteiger partial charge in [0.1, 0.15) is 10.4 Å². The monoisotopic (exact) mass is 347 g/mol. The van der Waals surface area contributed by atoms with E-state index in [2.05, 4.69) is 66.7 Å². The molecule has 1 aliphatic rings. The normalized spacial score (nSPS) is 20.5. The number of ether oxygens (including phenoxy) is 1. The minimum Gasteiger partial charge on any atom is -0.359 e. The van der Waals surface area contributed by atoms with Crippen molar-refractivity contribution in [2.45, 2.75) is 11.9 Å². The first kappa shape index (κ1) is 15.0. The fourth-order valence-corrected chi connectivity index (χ4v) is 4.54. The van der Waals surface area contributed by atoms with Crippen molar-refractivity contribution in [2.75, 3.05) is 12.4 Å². The molecule has 1 aromatic heterocycles. The third kappa shape index (κ3) is 2.36. The van der Waals surface area contributed by atoms with Crippen molar-refractivity contribution in [3.05, 3.63) is 66.2 Å². The number of aromatic nitrogens is 1. The van der Waals surface area contributed by atoms with Gasteiger partial charge in [0.25, 0.3) is 0 Å². The lowest BCUT2D eigenvalue weighted by molar-refractivity contribution is 0.0645. The first-order valence-electron chi connectivity index (χ1n) is 8.41. The number of benzene rings is 3. The van der Waals surface area contributed by atoms with Gasteiger partial charge >= 0.3 is 0 Å². The standard InChI is InChI=1S/C21H17NO2S/c1-21(23-11-12-25-21)15-9-10-19-18(13-15)20(24-22-19)17-8-4-6-14-5-2-3-7-16(14)17/h2-10,13H,11-12H2,1H3. The molecule has 0 N–H and O–H groups in total. The van der Waals surface area contributed by atoms with Crippen LogP contribution in [0.2, 0.25) is 0 Å². The molecule has 25 heavy (non-hydrogen) atoms. The predicted octanol–water partition coefficient (Wildman–Crippen LogP) is 5.58. The minimum atomic E-state index is -0.290. The maximum atomic E-state index is 5.98. The van der Waals surface area contributed by atoms with Crippen molar-refractivity contribution < 1.29 is 9.26 Å². The molecule has 3 nitrogen and oxygen atoms in total. The molecule has 0 aliphatic carbocycles. The van der Waals surface area contributed by atoms with Gasteiger partial charge in [-0.05, 0) is 35.4 Å². The average Bonchev–Trinajstić information content (AvgIpc) is 3.28. The van der Waals surface area contributed by atoms with Gasteiger partial charge < -0.3 is 9.26 Å². The molecule has 5 rings (SSSR count). The molecule has 4 aromatic rings. The zero-order chi connectivity index (χ0) is 16.9. The topological polar surface area (TPSA) is 35.3 Å². The largest absolute Gasteiger partial charge is 0.359 e. The summed E-state index contributed by atoms with van der Waals surface area (Å²) in [5, 5.41) is 7.67. The summed E-state index contributed by atoms with van der Waals surface area (Å²) in [5.41, 5.74) is 3.10. The Balaban J connectivity index is 1.74. The minimum absolute atomic E-state index is 0.290. The molecule has 0 spiro atoms. The smallest absolute Gasteiger partial charge is 0.175 e. The summed E-state index contributed by atoms with van der Waals surface area (Å²) in [6.07, 6.45) is 0. The molecule has 0 bridgehead atoms. The molecule has 2 heterocycles. The Kier molecular flexibility index (Phi) is 3.37. The Morgan fingerprint density at radius 3 is 2.76 bits per heavy atom. The number of rotatable bonds is 2. The Labute approximate surface area is 150 Å². The van der Waals surface area contributed by atoms with E-state index in [0.717, 1.165) is 40.1 Å². The van der Waals surface area contributed by atoms with Gasteiger partial charge in [-0.2, -0.15) is 0 Å². The summed E-state index contributed by atoms with van der Waals surface area (Å²) < 4.78 is 11.7. The van der Waals surface area contributed by atoms with Crippen LogP contribution in [0.25, 0.3) is 33.0 Å². The fraction of sp³-hybridized carbons (Fsp3) is 0.190. The number of thioether (sulfide) groups is 1. The second-order valence-electron chi connectivity index (χ2n) is 6.41. The second kappa shape index (κ2) is 5.61. The van der Waals surface area contributed by atoms with Crippen molar-refractivity contribution in [1.82, 2.24) is 5.16 Å². The van der Waals surface area contributed by atoms with E-state index in [1.807, 2.05) is 17.8 Å². The van der Waals surface area contributed by atoms with Gasteiger partial charge in [0.05, 0.1) is 12.0 Å². The van der Waals surface area contributed by atoms with Gasteiger partial charge in [-0.3, -0.25) is 0 Å². The number of hydrogen-bond donors (Lipinski definition) is 0. The highest BCUT2D eigenvalue weighted by Gasteiger charge is 2.33. The summed E-state index contributed by atoms with van der Waals surface area (Å²) in [6.45, 7) is 2.93. The molecule has 3 aromatic carbocycles. The van der Waals surface area contributed by atoms with Crippen LogP contribution in [0.5, 0.6) is 0 Å². The van der Waals surface area contributed by atoms with Crippen molar-refractivity contribution in [3.63, 3.8) is 0 Å². The van der Waals surface area contributed by atoms with Crippen molar-refractivity contribution >= 4 is 33.4 Å². The lowest BCUT2D eigenvalue weighted by atomic mass is 9.99. The third-order valence-corrected chi connectivity index (χ3v) is 6.15. The highest BCUT2D eigenvalue weighted by atomic mass is 32.2. The van der Waals surface area contributed by atoms with Crippen LogP contribution in [0.1, 0.15) is 12.5 Å². The lowest BCUT2D eigenvalue weighted by Gasteiger charge is -2.22. The summed E-state index contributed by atoms with van der Waals surface area (Å²) in [4.78, 5) is -0.290. The molecule has 1 saturated heterocycles. The lowest BCUT2D eigenvalue weighted by Crippen LogP contribution is -2.15. The van der Waals surface area contributed by atoms with Crippen LogP contribution in [0.15, 0.2) is 65.2 Å². The molecule has 1 fully saturated rings. The van der Waals surface area contributed by atoms with Gasteiger partial charge in [-0.25, -0.2) is 0 Å². The fourth-order valence-electron chi connectivity index (χ4n) is 3.52. The molecular weight excluding hydrogens is 330 g/mol. The van der Waals surface area contributed by atoms with Crippen LogP contribution in [0, 0.1) is 0 Å². The molecule has 124 valence electrons. The zero-order valence-electron chi connectivity index (χ0n) is 13.9. The quantitative estimate of drug-likeness (QED) is 0.474. The highest BCUT2D eigenvalue weighted by molar-refractivity contribution is 8.00. The first-order chi connectivity index (χ1) is 12.2. The van der Waals surface area contributed by atoms with Gasteiger partial charge in [0.15, 0.2) is 5.76 Å². The Morgan fingerprint density at radius 1 is 1.00 bits per heavy atom. The van der Waals surface area contributed by atoms with E-state index < -0.39 is 0 Å². The van der Waals surface area contributed by atoms with Gasteiger partial charge in [0, 0.05) is 11.3 Å². The molecule has 1 atom stereocenters. The number of fused-ring (bicyclic) bond motifs is 2. The molecule has 1 unspecified atom stereocenters. The molecule has 0 saturated carbocycles. The van der Waals surface area contributed by atoms with Crippen LogP contribution in [0.3, 0.4) is 0 Å². The first-order valence-corrected chi connectivity index (χ1v) is 9.39. The van der Waals surface area contributed by atoms with E-state index in [0.29, 0.717) is 0 Å². The maximum absolute atomic E-state index is 5.98. The van der Waals surface area contributed by atoms with E-state index in [9.17, 15) is 0 Å². The number of hydrogen-bond acceptors (Lipinski definition) is 4. The van der Waals surface area contributed by atoms with Crippen LogP contribution in [-0.4, -0.2) is 17.5 Å². The zero-order valence-corrected chi connectivity index (χ0v) is 14.7. The predicted molar refractivity (Wildman–Crippen MR) is 103 cm³/mol.